The van der Waals surface area contributed by atoms with Crippen molar-refractivity contribution >= 4 is 32.0 Å². The molecule has 0 aromatic carbocycles. The molecule has 1 aromatic heterocycles. The maximum Gasteiger partial charge on any atom is 0.304 e. The van der Waals surface area contributed by atoms with Gasteiger partial charge in [-0.15, -0.1) is 0 Å². The Balaban J connectivity index is 2.09. The lowest BCUT2D eigenvalue weighted by Gasteiger charge is -2.30. The molecule has 1 aliphatic heterocycles. The topological polar surface area (TPSA) is 119 Å². The van der Waals surface area contributed by atoms with Crippen molar-refractivity contribution < 1.29 is 13.3 Å². The van der Waals surface area contributed by atoms with Crippen LogP contribution in [0.2, 0.25) is 0 Å². The van der Waals surface area contributed by atoms with Crippen LogP contribution < -0.4 is 10.5 Å². The summed E-state index contributed by atoms with van der Waals surface area (Å²) in [4.78, 5) is 12.9. The zero-order chi connectivity index (χ0) is 17.3. The van der Waals surface area contributed by atoms with E-state index in [1.165, 1.54) is 12.8 Å². The van der Waals surface area contributed by atoms with Gasteiger partial charge in [-0.1, -0.05) is 25.2 Å². The molecule has 10 heteroatoms. The number of rotatable bonds is 7. The van der Waals surface area contributed by atoms with Crippen LogP contribution in [0.1, 0.15) is 26.7 Å². The molecule has 0 radical (unpaired) electrons. The average molecular weight is 362 g/mol. The summed E-state index contributed by atoms with van der Waals surface area (Å²) >= 11 is 0.799. The third-order valence-corrected chi connectivity index (χ3v) is 6.25. The predicted molar refractivity (Wildman–Crippen MR) is 90.3 cm³/mol. The number of primary sulfonamides is 1. The van der Waals surface area contributed by atoms with Crippen LogP contribution in [0.15, 0.2) is 10.3 Å². The number of nitrogens with two attached hydrogens (primary N) is 1. The Bertz CT molecular complexity index is 678. The van der Waals surface area contributed by atoms with Crippen molar-refractivity contribution in [3.8, 4) is 0 Å². The normalized spacial score (nSPS) is 16.7. The lowest BCUT2D eigenvalue weighted by Crippen LogP contribution is -2.36. The van der Waals surface area contributed by atoms with E-state index in [-0.39, 0.29) is 20.3 Å². The van der Waals surface area contributed by atoms with Crippen LogP contribution in [0.5, 0.6) is 0 Å². The van der Waals surface area contributed by atoms with Gasteiger partial charge in [-0.05, 0) is 31.3 Å². The molecule has 1 fully saturated rings. The minimum absolute atomic E-state index is 0.0933. The zero-order valence-corrected chi connectivity index (χ0v) is 14.9. The number of nitrogens with zero attached hydrogens (tertiary/aromatic N) is 2. The molecule has 0 saturated carbocycles. The summed E-state index contributed by atoms with van der Waals surface area (Å²) in [5, 5.41) is 19.4. The highest BCUT2D eigenvalue weighted by Crippen LogP contribution is 2.37. The van der Waals surface area contributed by atoms with Gasteiger partial charge in [-0.25, -0.2) is 13.6 Å². The monoisotopic (exact) mass is 362 g/mol. The maximum atomic E-state index is 11.4. The second-order valence-electron chi connectivity index (χ2n) is 6.58. The number of anilines is 1. The van der Waals surface area contributed by atoms with Gasteiger partial charge in [-0.3, -0.25) is 10.1 Å². The summed E-state index contributed by atoms with van der Waals surface area (Å²) in [6.45, 7) is 7.73. The number of hydrogen-bond acceptors (Lipinski definition) is 7. The van der Waals surface area contributed by atoms with Crippen molar-refractivity contribution in [2.45, 2.75) is 30.9 Å². The molecule has 23 heavy (non-hydrogen) atoms. The Hall–Kier alpha value is -1.23. The van der Waals surface area contributed by atoms with Crippen LogP contribution in [0.4, 0.5) is 10.7 Å². The Kier molecular flexibility index (Phi) is 5.29. The van der Waals surface area contributed by atoms with Crippen molar-refractivity contribution in [1.29, 1.82) is 0 Å². The number of nitrogens with one attached hydrogen (secondary N) is 1. The van der Waals surface area contributed by atoms with Gasteiger partial charge in [-0.2, -0.15) is 0 Å². The third-order valence-electron chi connectivity index (χ3n) is 3.74. The van der Waals surface area contributed by atoms with E-state index in [0.29, 0.717) is 6.54 Å². The molecular formula is C13H22N4O4S2. The van der Waals surface area contributed by atoms with Crippen molar-refractivity contribution in [1.82, 2.24) is 4.90 Å². The Morgan fingerprint density at radius 3 is 2.57 bits per heavy atom. The fraction of sp³-hybridized carbons (Fsp3) is 0.692. The van der Waals surface area contributed by atoms with Crippen LogP contribution in [0, 0.1) is 15.5 Å². The average Bonchev–Trinajstić information content (AvgIpc) is 3.03. The number of likely N-dealkylation sites (tertiary alicyclic amines) is 1. The van der Waals surface area contributed by atoms with Gasteiger partial charge in [0.15, 0.2) is 5.00 Å². The number of nitro groups is 1. The summed E-state index contributed by atoms with van der Waals surface area (Å²) in [6, 6.07) is 1.01. The van der Waals surface area contributed by atoms with Crippen molar-refractivity contribution in [2.75, 3.05) is 31.5 Å². The van der Waals surface area contributed by atoms with Gasteiger partial charge in [0.1, 0.15) is 4.21 Å². The maximum absolute atomic E-state index is 11.4. The standard InChI is InChI=1S/C13H22N4O4S2/c1-13(2,9-16-5-3-4-6-16)8-15-12-10(17(18)19)7-11(22-12)23(14,20)21/h7,15H,3-6,8-9H2,1-2H3,(H2,14,20,21). The fourth-order valence-corrected chi connectivity index (χ4v) is 4.43. The molecule has 0 aliphatic carbocycles. The van der Waals surface area contributed by atoms with Gasteiger partial charge in [0.2, 0.25) is 10.0 Å². The minimum atomic E-state index is -3.94. The Labute approximate surface area is 139 Å². The first kappa shape index (κ1) is 18.1. The zero-order valence-electron chi connectivity index (χ0n) is 13.2. The molecule has 1 aromatic rings. The smallest absolute Gasteiger partial charge is 0.304 e. The highest BCUT2D eigenvalue weighted by atomic mass is 32.2. The van der Waals surface area contributed by atoms with Gasteiger partial charge in [0.05, 0.1) is 4.92 Å². The minimum Gasteiger partial charge on any atom is -0.371 e. The highest BCUT2D eigenvalue weighted by Gasteiger charge is 2.27. The number of sulfonamides is 1. The fourth-order valence-electron chi connectivity index (χ4n) is 2.68. The van der Waals surface area contributed by atoms with Crippen LogP contribution in [-0.4, -0.2) is 44.4 Å². The van der Waals surface area contributed by atoms with Crippen molar-refractivity contribution in [3.63, 3.8) is 0 Å². The van der Waals surface area contributed by atoms with Crippen LogP contribution >= 0.6 is 11.3 Å². The van der Waals surface area contributed by atoms with E-state index in [2.05, 4.69) is 24.1 Å². The molecule has 3 N–H and O–H groups in total. The molecular weight excluding hydrogens is 340 g/mol. The summed E-state index contributed by atoms with van der Waals surface area (Å²) in [5.41, 5.74) is -0.347. The van der Waals surface area contributed by atoms with E-state index < -0.39 is 14.9 Å². The second-order valence-corrected chi connectivity index (χ2v) is 9.42. The molecule has 0 bridgehead atoms. The summed E-state index contributed by atoms with van der Waals surface area (Å²) < 4.78 is 22.6. The molecule has 0 spiro atoms. The third kappa shape index (κ3) is 4.87. The molecule has 1 saturated heterocycles. The van der Waals surface area contributed by atoms with Crippen LogP contribution in [0.25, 0.3) is 0 Å². The molecule has 0 unspecified atom stereocenters. The molecule has 1 aliphatic rings. The second kappa shape index (κ2) is 6.71. The lowest BCUT2D eigenvalue weighted by atomic mass is 9.93. The lowest BCUT2D eigenvalue weighted by molar-refractivity contribution is -0.383. The summed E-state index contributed by atoms with van der Waals surface area (Å²) in [6.07, 6.45) is 2.41. The molecule has 2 rings (SSSR count). The SMILES string of the molecule is CC(C)(CNc1sc(S(N)(=O)=O)cc1[N+](=O)[O-])CN1CCCC1. The molecule has 2 heterocycles. The first-order chi connectivity index (χ1) is 10.6. The van der Waals surface area contributed by atoms with Gasteiger partial charge in [0.25, 0.3) is 0 Å². The number of thiophene rings is 1. The van der Waals surface area contributed by atoms with Gasteiger partial charge < -0.3 is 10.2 Å². The van der Waals surface area contributed by atoms with E-state index >= 15 is 0 Å². The van der Waals surface area contributed by atoms with Crippen molar-refractivity contribution in [2.24, 2.45) is 10.6 Å². The van der Waals surface area contributed by atoms with E-state index in [4.69, 9.17) is 5.14 Å². The first-order valence-corrected chi connectivity index (χ1v) is 9.72. The predicted octanol–water partition coefficient (Wildman–Crippen LogP) is 1.84. The molecule has 130 valence electrons. The Morgan fingerprint density at radius 2 is 2.04 bits per heavy atom. The van der Waals surface area contributed by atoms with E-state index in [9.17, 15) is 18.5 Å². The van der Waals surface area contributed by atoms with Gasteiger partial charge >= 0.3 is 5.69 Å². The molecule has 8 nitrogen and oxygen atoms in total. The number of hydrogen-bond donors (Lipinski definition) is 2. The summed E-state index contributed by atoms with van der Waals surface area (Å²) in [5.74, 6) is 0. The van der Waals surface area contributed by atoms with Gasteiger partial charge in [0, 0.05) is 19.2 Å². The van der Waals surface area contributed by atoms with E-state index in [0.717, 1.165) is 37.0 Å². The molecule has 0 amide bonds. The van der Waals surface area contributed by atoms with E-state index in [1.54, 1.807) is 0 Å². The first-order valence-electron chi connectivity index (χ1n) is 7.36. The quantitative estimate of drug-likeness (QED) is 0.564. The van der Waals surface area contributed by atoms with E-state index in [1.807, 2.05) is 0 Å². The molecule has 0 atom stereocenters. The largest absolute Gasteiger partial charge is 0.371 e. The van der Waals surface area contributed by atoms with Crippen LogP contribution in [-0.2, 0) is 10.0 Å². The Morgan fingerprint density at radius 1 is 1.43 bits per heavy atom. The summed E-state index contributed by atoms with van der Waals surface area (Å²) in [7, 11) is -3.94. The van der Waals surface area contributed by atoms with Crippen LogP contribution in [0.3, 0.4) is 0 Å². The van der Waals surface area contributed by atoms with Crippen molar-refractivity contribution in [3.05, 3.63) is 16.2 Å². The highest BCUT2D eigenvalue weighted by molar-refractivity contribution is 7.91.